The van der Waals surface area contributed by atoms with Crippen LogP contribution >= 0.6 is 11.6 Å². The number of likely N-dealkylation sites (N-methyl/N-ethyl adjacent to an activating group) is 1. The van der Waals surface area contributed by atoms with Crippen LogP contribution in [0, 0.1) is 0 Å². The van der Waals surface area contributed by atoms with Crippen LogP contribution in [0.4, 0.5) is 0 Å². The average molecular weight is 375 g/mol. The number of ether oxygens (including phenoxy) is 1. The lowest BCUT2D eigenvalue weighted by atomic mass is 10.0. The number of nitrogens with one attached hydrogen (secondary N) is 1. The lowest BCUT2D eigenvalue weighted by Gasteiger charge is -2.26. The van der Waals surface area contributed by atoms with Crippen LogP contribution in [0.5, 0.6) is 11.5 Å². The van der Waals surface area contributed by atoms with Crippen molar-refractivity contribution >= 4 is 17.5 Å². The lowest BCUT2D eigenvalue weighted by molar-refractivity contribution is -0.126. The second kappa shape index (κ2) is 7.98. The number of rotatable bonds is 4. The van der Waals surface area contributed by atoms with E-state index in [1.54, 1.807) is 6.07 Å². The van der Waals surface area contributed by atoms with Crippen LogP contribution in [-0.2, 0) is 11.3 Å². The summed E-state index contributed by atoms with van der Waals surface area (Å²) in [6.07, 6.45) is 0. The van der Waals surface area contributed by atoms with Crippen molar-refractivity contribution < 1.29 is 14.6 Å². The van der Waals surface area contributed by atoms with E-state index in [9.17, 15) is 9.90 Å². The first kappa shape index (κ1) is 18.5. The smallest absolute Gasteiger partial charge is 0.237 e. The standard InChI is InChI=1S/C20H23ClN2O3/c1-3-22-20(25)13(2)23-7-8-26-19-16(12-23)9-15(11-18(19)24)14-5-4-6-17(21)10-14/h4-6,9-11,13,24H,3,7-8,12H2,1-2H3,(H,22,25)/t13-/m0/s1. The van der Waals surface area contributed by atoms with Crippen LogP contribution in [0.3, 0.4) is 0 Å². The van der Waals surface area contributed by atoms with Gasteiger partial charge in [0, 0.05) is 30.2 Å². The van der Waals surface area contributed by atoms with Gasteiger partial charge in [0.05, 0.1) is 6.04 Å². The summed E-state index contributed by atoms with van der Waals surface area (Å²) < 4.78 is 5.76. The lowest BCUT2D eigenvalue weighted by Crippen LogP contribution is -2.45. The van der Waals surface area contributed by atoms with Crippen LogP contribution in [0.15, 0.2) is 36.4 Å². The number of halogens is 1. The number of hydrogen-bond donors (Lipinski definition) is 2. The average Bonchev–Trinajstić information content (AvgIpc) is 2.84. The van der Waals surface area contributed by atoms with Crippen molar-refractivity contribution in [2.45, 2.75) is 26.4 Å². The summed E-state index contributed by atoms with van der Waals surface area (Å²) in [5.41, 5.74) is 2.64. The molecule has 2 N–H and O–H groups in total. The molecule has 0 aliphatic carbocycles. The molecule has 1 heterocycles. The fourth-order valence-corrected chi connectivity index (χ4v) is 3.36. The molecule has 1 aliphatic rings. The summed E-state index contributed by atoms with van der Waals surface area (Å²) in [5, 5.41) is 14.0. The zero-order valence-corrected chi connectivity index (χ0v) is 15.7. The molecule has 2 aromatic rings. The maximum Gasteiger partial charge on any atom is 0.237 e. The highest BCUT2D eigenvalue weighted by molar-refractivity contribution is 6.30. The second-order valence-corrected chi connectivity index (χ2v) is 6.82. The molecule has 0 fully saturated rings. The SMILES string of the molecule is CCNC(=O)[C@H](C)N1CCOc2c(O)cc(-c3cccc(Cl)c3)cc2C1. The quantitative estimate of drug-likeness (QED) is 0.860. The first-order valence-electron chi connectivity index (χ1n) is 8.76. The third-order valence-electron chi connectivity index (χ3n) is 4.58. The number of fused-ring (bicyclic) bond motifs is 1. The van der Waals surface area contributed by atoms with Gasteiger partial charge in [-0.3, -0.25) is 9.69 Å². The van der Waals surface area contributed by atoms with Crippen molar-refractivity contribution in [2.24, 2.45) is 0 Å². The van der Waals surface area contributed by atoms with Gasteiger partial charge in [0.15, 0.2) is 11.5 Å². The molecule has 1 atom stereocenters. The summed E-state index contributed by atoms with van der Waals surface area (Å²) in [6.45, 7) is 5.94. The minimum Gasteiger partial charge on any atom is -0.504 e. The molecule has 0 radical (unpaired) electrons. The van der Waals surface area contributed by atoms with Gasteiger partial charge < -0.3 is 15.2 Å². The first-order valence-corrected chi connectivity index (χ1v) is 9.13. The minimum absolute atomic E-state index is 0.00818. The van der Waals surface area contributed by atoms with Gasteiger partial charge in [-0.2, -0.15) is 0 Å². The number of carbonyl (C=O) groups excluding carboxylic acids is 1. The Morgan fingerprint density at radius 1 is 1.35 bits per heavy atom. The van der Waals surface area contributed by atoms with Crippen LogP contribution < -0.4 is 10.1 Å². The molecule has 0 unspecified atom stereocenters. The Morgan fingerprint density at radius 2 is 2.15 bits per heavy atom. The third-order valence-corrected chi connectivity index (χ3v) is 4.82. The Hall–Kier alpha value is -2.24. The third kappa shape index (κ3) is 3.94. The number of phenols is 1. The number of hydrogen-bond acceptors (Lipinski definition) is 4. The molecule has 138 valence electrons. The normalized spacial score (nSPS) is 15.5. The van der Waals surface area contributed by atoms with E-state index in [-0.39, 0.29) is 17.7 Å². The Labute approximate surface area is 158 Å². The molecular weight excluding hydrogens is 352 g/mol. The highest BCUT2D eigenvalue weighted by atomic mass is 35.5. The van der Waals surface area contributed by atoms with E-state index in [0.717, 1.165) is 16.7 Å². The number of carbonyl (C=O) groups is 1. The van der Waals surface area contributed by atoms with Gasteiger partial charge in [-0.15, -0.1) is 0 Å². The predicted octanol–water partition coefficient (Wildman–Crippen LogP) is 3.43. The van der Waals surface area contributed by atoms with Crippen molar-refractivity contribution in [2.75, 3.05) is 19.7 Å². The molecule has 0 aromatic heterocycles. The van der Waals surface area contributed by atoms with E-state index in [4.69, 9.17) is 16.3 Å². The second-order valence-electron chi connectivity index (χ2n) is 6.38. The van der Waals surface area contributed by atoms with E-state index in [1.165, 1.54) is 0 Å². The van der Waals surface area contributed by atoms with Crippen LogP contribution in [0.25, 0.3) is 11.1 Å². The van der Waals surface area contributed by atoms with Gasteiger partial charge in [0.2, 0.25) is 5.91 Å². The molecule has 0 spiro atoms. The number of phenolic OH excluding ortho intramolecular Hbond substituents is 1. The molecule has 1 amide bonds. The minimum atomic E-state index is -0.276. The van der Waals surface area contributed by atoms with E-state index >= 15 is 0 Å². The Bertz CT molecular complexity index is 810. The Kier molecular flexibility index (Phi) is 5.69. The van der Waals surface area contributed by atoms with Crippen molar-refractivity contribution in [3.8, 4) is 22.6 Å². The van der Waals surface area contributed by atoms with E-state index < -0.39 is 0 Å². The fourth-order valence-electron chi connectivity index (χ4n) is 3.17. The molecule has 6 heteroatoms. The Morgan fingerprint density at radius 3 is 2.88 bits per heavy atom. The molecule has 2 aromatic carbocycles. The molecule has 5 nitrogen and oxygen atoms in total. The van der Waals surface area contributed by atoms with Crippen LogP contribution in [0.1, 0.15) is 19.4 Å². The molecule has 1 aliphatic heterocycles. The van der Waals surface area contributed by atoms with Gasteiger partial charge in [-0.1, -0.05) is 23.7 Å². The van der Waals surface area contributed by atoms with Gasteiger partial charge in [-0.25, -0.2) is 0 Å². The highest BCUT2D eigenvalue weighted by Gasteiger charge is 2.26. The number of amides is 1. The number of benzene rings is 2. The largest absolute Gasteiger partial charge is 0.504 e. The maximum atomic E-state index is 12.2. The maximum absolute atomic E-state index is 12.2. The summed E-state index contributed by atoms with van der Waals surface area (Å²) in [4.78, 5) is 14.3. The highest BCUT2D eigenvalue weighted by Crippen LogP contribution is 2.38. The monoisotopic (exact) mass is 374 g/mol. The zero-order chi connectivity index (χ0) is 18.7. The van der Waals surface area contributed by atoms with Crippen molar-refractivity contribution in [3.63, 3.8) is 0 Å². The topological polar surface area (TPSA) is 61.8 Å². The van der Waals surface area contributed by atoms with E-state index in [1.807, 2.05) is 44.2 Å². The van der Waals surface area contributed by atoms with Crippen molar-refractivity contribution in [3.05, 3.63) is 47.0 Å². The van der Waals surface area contributed by atoms with Gasteiger partial charge >= 0.3 is 0 Å². The van der Waals surface area contributed by atoms with E-state index in [0.29, 0.717) is 37.0 Å². The molecule has 0 bridgehead atoms. The molecule has 26 heavy (non-hydrogen) atoms. The van der Waals surface area contributed by atoms with E-state index in [2.05, 4.69) is 10.2 Å². The molecule has 0 saturated carbocycles. The molecular formula is C20H23ClN2O3. The molecule has 0 saturated heterocycles. The van der Waals surface area contributed by atoms with Crippen molar-refractivity contribution in [1.29, 1.82) is 0 Å². The Balaban J connectivity index is 1.93. The van der Waals surface area contributed by atoms with Gasteiger partial charge in [-0.05, 0) is 49.2 Å². The fraction of sp³-hybridized carbons (Fsp3) is 0.350. The summed E-state index contributed by atoms with van der Waals surface area (Å²) in [5.74, 6) is 0.581. The van der Waals surface area contributed by atoms with Gasteiger partial charge in [0.1, 0.15) is 6.61 Å². The molecule has 3 rings (SSSR count). The first-order chi connectivity index (χ1) is 12.5. The summed E-state index contributed by atoms with van der Waals surface area (Å²) >= 11 is 6.09. The van der Waals surface area contributed by atoms with Crippen molar-refractivity contribution in [1.82, 2.24) is 10.2 Å². The summed E-state index contributed by atoms with van der Waals surface area (Å²) in [7, 11) is 0. The number of aromatic hydroxyl groups is 1. The van der Waals surface area contributed by atoms with Crippen LogP contribution in [0.2, 0.25) is 5.02 Å². The number of nitrogens with zero attached hydrogens (tertiary/aromatic N) is 1. The predicted molar refractivity (Wildman–Crippen MR) is 103 cm³/mol. The zero-order valence-electron chi connectivity index (χ0n) is 15.0. The van der Waals surface area contributed by atoms with Gasteiger partial charge in [0.25, 0.3) is 0 Å². The van der Waals surface area contributed by atoms with Crippen LogP contribution in [-0.4, -0.2) is 41.7 Å². The summed E-state index contributed by atoms with van der Waals surface area (Å²) in [6, 6.07) is 10.9.